The molecule has 0 bridgehead atoms. The zero-order chi connectivity index (χ0) is 21.1. The van der Waals surface area contributed by atoms with Crippen LogP contribution in [0.5, 0.6) is 0 Å². The smallest absolute Gasteiger partial charge is 0.400 e. The summed E-state index contributed by atoms with van der Waals surface area (Å²) < 4.78 is 12.3. The first-order chi connectivity index (χ1) is 13.0. The van der Waals surface area contributed by atoms with Crippen LogP contribution >= 0.6 is 11.6 Å². The van der Waals surface area contributed by atoms with Crippen molar-refractivity contribution >= 4 is 18.7 Å². The number of halogens is 1. The van der Waals surface area contributed by atoms with Crippen molar-refractivity contribution in [3.05, 3.63) is 47.9 Å². The van der Waals surface area contributed by atoms with Crippen LogP contribution < -0.4 is 0 Å². The number of benzene rings is 1. The Kier molecular flexibility index (Phi) is 7.47. The van der Waals surface area contributed by atoms with Gasteiger partial charge in [0.1, 0.15) is 0 Å². The normalized spacial score (nSPS) is 22.9. The van der Waals surface area contributed by atoms with Gasteiger partial charge in [-0.3, -0.25) is 0 Å². The summed E-state index contributed by atoms with van der Waals surface area (Å²) in [6.45, 7) is 12.5. The van der Waals surface area contributed by atoms with Gasteiger partial charge in [-0.25, -0.2) is 0 Å². The van der Waals surface area contributed by atoms with E-state index in [1.807, 2.05) is 64.0 Å². The maximum absolute atomic E-state index is 11.9. The van der Waals surface area contributed by atoms with Crippen LogP contribution in [0.3, 0.4) is 0 Å². The minimum atomic E-state index is -1.06. The highest BCUT2D eigenvalue weighted by atomic mass is 35.5. The van der Waals surface area contributed by atoms with Gasteiger partial charge in [-0.1, -0.05) is 69.1 Å². The molecule has 1 N–H and O–H groups in total. The average Bonchev–Trinajstić information content (AvgIpc) is 2.86. The van der Waals surface area contributed by atoms with Crippen molar-refractivity contribution in [2.45, 2.75) is 84.0 Å². The van der Waals surface area contributed by atoms with Crippen molar-refractivity contribution in [3.63, 3.8) is 0 Å². The third-order valence-electron chi connectivity index (χ3n) is 6.59. The summed E-state index contributed by atoms with van der Waals surface area (Å²) in [5, 5.41) is 11.9. The largest absolute Gasteiger partial charge is 0.486 e. The zero-order valence-electron chi connectivity index (χ0n) is 18.3. The lowest BCUT2D eigenvalue weighted by Crippen LogP contribution is -2.43. The molecule has 1 heterocycles. The zero-order valence-corrected chi connectivity index (χ0v) is 19.1. The molecule has 1 aromatic rings. The van der Waals surface area contributed by atoms with E-state index in [-0.39, 0.29) is 11.2 Å². The molecule has 5 heteroatoms. The first-order valence-electron chi connectivity index (χ1n) is 10.4. The van der Waals surface area contributed by atoms with Gasteiger partial charge >= 0.3 is 7.12 Å². The fourth-order valence-electron chi connectivity index (χ4n) is 3.84. The van der Waals surface area contributed by atoms with Gasteiger partial charge in [-0.05, 0) is 46.1 Å². The van der Waals surface area contributed by atoms with Crippen molar-refractivity contribution in [3.8, 4) is 0 Å². The first kappa shape index (κ1) is 23.5. The van der Waals surface area contributed by atoms with Gasteiger partial charge in [-0.15, -0.1) is 11.6 Å². The molecule has 156 valence electrons. The van der Waals surface area contributed by atoms with E-state index >= 15 is 0 Å². The third kappa shape index (κ3) is 4.67. The molecule has 0 spiro atoms. The predicted octanol–water partition coefficient (Wildman–Crippen LogP) is 5.89. The topological polar surface area (TPSA) is 38.7 Å². The third-order valence-corrected chi connectivity index (χ3v) is 6.78. The van der Waals surface area contributed by atoms with Gasteiger partial charge in [-0.2, -0.15) is 0 Å². The number of hydrogen-bond acceptors (Lipinski definition) is 3. The van der Waals surface area contributed by atoms with Gasteiger partial charge in [0.25, 0.3) is 0 Å². The van der Waals surface area contributed by atoms with E-state index in [9.17, 15) is 5.11 Å². The predicted molar refractivity (Wildman–Crippen MR) is 119 cm³/mol. The van der Waals surface area contributed by atoms with E-state index in [1.165, 1.54) is 0 Å². The fourth-order valence-corrected chi connectivity index (χ4v) is 4.11. The first-order valence-corrected chi connectivity index (χ1v) is 10.9. The SMILES string of the molecule is CCCC[C@@](C)(/C=C/B1OC(C)(C)C(C)(C)O1)[C@@](O)(CCCl)c1ccccc1. The molecule has 0 aliphatic carbocycles. The molecule has 3 nitrogen and oxygen atoms in total. The molecule has 1 aromatic carbocycles. The number of alkyl halides is 1. The summed E-state index contributed by atoms with van der Waals surface area (Å²) >= 11 is 6.14. The molecular weight excluding hydrogens is 371 g/mol. The molecule has 2 rings (SSSR count). The monoisotopic (exact) mass is 406 g/mol. The lowest BCUT2D eigenvalue weighted by molar-refractivity contribution is -0.0650. The standard InChI is InChI=1S/C23H36BClO3/c1-7-8-14-22(6,15-17-24-27-20(2,3)21(4,5)28-24)23(26,16-18-25)19-12-10-9-11-13-19/h9-13,15,17,26H,7-8,14,16,18H2,1-6H3/b17-15+/t22-,23+/m0/s1. The molecule has 28 heavy (non-hydrogen) atoms. The second kappa shape index (κ2) is 8.91. The van der Waals surface area contributed by atoms with E-state index in [0.717, 1.165) is 24.8 Å². The van der Waals surface area contributed by atoms with Crippen molar-refractivity contribution in [1.29, 1.82) is 0 Å². The summed E-state index contributed by atoms with van der Waals surface area (Å²) in [4.78, 5) is 0. The number of hydrogen-bond donors (Lipinski definition) is 1. The van der Waals surface area contributed by atoms with Crippen molar-refractivity contribution < 1.29 is 14.4 Å². The lowest BCUT2D eigenvalue weighted by atomic mass is 9.64. The Morgan fingerprint density at radius 1 is 1.07 bits per heavy atom. The minimum absolute atomic E-state index is 0.381. The Hall–Kier alpha value is -0.805. The molecule has 0 aromatic heterocycles. The molecule has 1 saturated heterocycles. The highest BCUT2D eigenvalue weighted by Gasteiger charge is 2.51. The Labute approximate surface area is 176 Å². The lowest BCUT2D eigenvalue weighted by Gasteiger charge is -2.44. The van der Waals surface area contributed by atoms with Gasteiger partial charge in [0.15, 0.2) is 0 Å². The second-order valence-corrected chi connectivity index (χ2v) is 9.55. The van der Waals surface area contributed by atoms with Gasteiger partial charge in [0.05, 0.1) is 16.8 Å². The summed E-state index contributed by atoms with van der Waals surface area (Å²) in [5.41, 5.74) is -1.43. The molecular formula is C23H36BClO3. The van der Waals surface area contributed by atoms with E-state index in [2.05, 4.69) is 19.9 Å². The molecule has 1 aliphatic heterocycles. The second-order valence-electron chi connectivity index (χ2n) is 9.17. The molecule has 0 saturated carbocycles. The van der Waals surface area contributed by atoms with E-state index in [4.69, 9.17) is 20.9 Å². The van der Waals surface area contributed by atoms with Crippen molar-refractivity contribution in [2.24, 2.45) is 5.41 Å². The molecule has 0 unspecified atom stereocenters. The van der Waals surface area contributed by atoms with Gasteiger partial charge in [0.2, 0.25) is 0 Å². The highest BCUT2D eigenvalue weighted by molar-refractivity contribution is 6.51. The molecule has 1 fully saturated rings. The molecule has 0 radical (unpaired) electrons. The summed E-state index contributed by atoms with van der Waals surface area (Å²) in [7, 11) is -0.429. The maximum atomic E-state index is 11.9. The maximum Gasteiger partial charge on any atom is 0.486 e. The molecule has 2 atom stereocenters. The quantitative estimate of drug-likeness (QED) is 0.410. The Morgan fingerprint density at radius 2 is 1.64 bits per heavy atom. The average molecular weight is 407 g/mol. The van der Waals surface area contributed by atoms with Crippen LogP contribution in [0.25, 0.3) is 0 Å². The van der Waals surface area contributed by atoms with E-state index < -0.39 is 18.1 Å². The van der Waals surface area contributed by atoms with Crippen LogP contribution in [0.1, 0.15) is 72.8 Å². The van der Waals surface area contributed by atoms with Gasteiger partial charge < -0.3 is 14.4 Å². The van der Waals surface area contributed by atoms with Crippen LogP contribution in [-0.4, -0.2) is 29.3 Å². The van der Waals surface area contributed by atoms with Crippen molar-refractivity contribution in [2.75, 3.05) is 5.88 Å². The number of rotatable bonds is 9. The van der Waals surface area contributed by atoms with E-state index in [0.29, 0.717) is 12.3 Å². The van der Waals surface area contributed by atoms with E-state index in [1.54, 1.807) is 0 Å². The summed E-state index contributed by atoms with van der Waals surface area (Å²) in [5.74, 6) is 2.35. The van der Waals surface area contributed by atoms with Crippen LogP contribution in [0, 0.1) is 5.41 Å². The minimum Gasteiger partial charge on any atom is -0.400 e. The highest BCUT2D eigenvalue weighted by Crippen LogP contribution is 2.48. The Balaban J connectivity index is 2.39. The van der Waals surface area contributed by atoms with Crippen molar-refractivity contribution in [1.82, 2.24) is 0 Å². The summed E-state index contributed by atoms with van der Waals surface area (Å²) in [6.07, 6.45) is 5.49. The number of unbranched alkanes of at least 4 members (excludes halogenated alkanes) is 1. The van der Waals surface area contributed by atoms with Gasteiger partial charge in [0, 0.05) is 11.3 Å². The van der Waals surface area contributed by atoms with Crippen LogP contribution in [-0.2, 0) is 14.9 Å². The van der Waals surface area contributed by atoms with Crippen LogP contribution in [0.2, 0.25) is 0 Å². The summed E-state index contributed by atoms with van der Waals surface area (Å²) in [6, 6.07) is 9.87. The Bertz CT molecular complexity index is 645. The Morgan fingerprint density at radius 3 is 2.14 bits per heavy atom. The molecule has 1 aliphatic rings. The van der Waals surface area contributed by atoms with Crippen LogP contribution in [0.15, 0.2) is 42.4 Å². The van der Waals surface area contributed by atoms with Crippen LogP contribution in [0.4, 0.5) is 0 Å². The molecule has 0 amide bonds. The fraction of sp³-hybridized carbons (Fsp3) is 0.652. The number of aliphatic hydroxyl groups is 1.